The van der Waals surface area contributed by atoms with Crippen molar-refractivity contribution in [3.8, 4) is 0 Å². The molecule has 0 unspecified atom stereocenters. The van der Waals surface area contributed by atoms with Gasteiger partial charge >= 0.3 is 0 Å². The van der Waals surface area contributed by atoms with Gasteiger partial charge in [0.2, 0.25) is 0 Å². The molecule has 0 amide bonds. The van der Waals surface area contributed by atoms with E-state index in [2.05, 4.69) is 30.9 Å². The van der Waals surface area contributed by atoms with Gasteiger partial charge in [-0.3, -0.25) is 0 Å². The second kappa shape index (κ2) is 4.97. The number of rotatable bonds is 4. The van der Waals surface area contributed by atoms with E-state index in [1.54, 1.807) is 12.5 Å². The Hall–Kier alpha value is -1.95. The van der Waals surface area contributed by atoms with Crippen LogP contribution in [0.15, 0.2) is 24.8 Å². The van der Waals surface area contributed by atoms with Gasteiger partial charge in [0.1, 0.15) is 18.0 Å². The van der Waals surface area contributed by atoms with E-state index in [1.165, 1.54) is 0 Å². The van der Waals surface area contributed by atoms with Crippen molar-refractivity contribution in [2.45, 2.75) is 31.3 Å². The van der Waals surface area contributed by atoms with Gasteiger partial charge in [0, 0.05) is 43.2 Å². The fourth-order valence-electron chi connectivity index (χ4n) is 2.39. The van der Waals surface area contributed by atoms with E-state index >= 15 is 0 Å². The average molecular weight is 258 g/mol. The summed E-state index contributed by atoms with van der Waals surface area (Å²) in [6, 6.07) is 2.39. The van der Waals surface area contributed by atoms with Crippen LogP contribution in [0.1, 0.15) is 30.3 Å². The molecule has 100 valence electrons. The molecule has 1 aliphatic rings. The molecule has 1 aliphatic carbocycles. The molecule has 1 fully saturated rings. The van der Waals surface area contributed by atoms with Crippen molar-refractivity contribution in [1.82, 2.24) is 19.9 Å². The summed E-state index contributed by atoms with van der Waals surface area (Å²) in [4.78, 5) is 18.0. The maximum absolute atomic E-state index is 5.83. The number of hydrogen-bond donors (Lipinski definition) is 2. The Morgan fingerprint density at radius 1 is 1.37 bits per heavy atom. The van der Waals surface area contributed by atoms with Gasteiger partial charge < -0.3 is 15.6 Å². The summed E-state index contributed by atoms with van der Waals surface area (Å²) in [5.41, 5.74) is 6.92. The summed E-state index contributed by atoms with van der Waals surface area (Å²) in [5, 5.41) is 0. The maximum Gasteiger partial charge on any atom is 0.132 e. The molecule has 3 rings (SSSR count). The molecule has 0 atom stereocenters. The number of hydrogen-bond acceptors (Lipinski definition) is 5. The number of nitrogens with one attached hydrogen (secondary N) is 1. The summed E-state index contributed by atoms with van der Waals surface area (Å²) in [7, 11) is 2.00. The minimum absolute atomic E-state index is 0.337. The number of aromatic amines is 1. The van der Waals surface area contributed by atoms with Crippen LogP contribution in [0.3, 0.4) is 0 Å². The van der Waals surface area contributed by atoms with E-state index in [-0.39, 0.29) is 0 Å². The van der Waals surface area contributed by atoms with Crippen molar-refractivity contribution < 1.29 is 0 Å². The topological polar surface area (TPSA) is 83.7 Å². The zero-order chi connectivity index (χ0) is 13.2. The Morgan fingerprint density at radius 2 is 2.21 bits per heavy atom. The van der Waals surface area contributed by atoms with Crippen LogP contribution in [0.25, 0.3) is 0 Å². The molecule has 3 N–H and O–H groups in total. The number of anilines is 1. The largest absolute Gasteiger partial charge is 0.352 e. The lowest BCUT2D eigenvalue weighted by molar-refractivity contribution is 0.345. The van der Waals surface area contributed by atoms with Crippen molar-refractivity contribution in [2.24, 2.45) is 5.73 Å². The summed E-state index contributed by atoms with van der Waals surface area (Å²) in [6.45, 7) is 0.702. The van der Waals surface area contributed by atoms with Crippen molar-refractivity contribution in [1.29, 1.82) is 0 Å². The summed E-state index contributed by atoms with van der Waals surface area (Å²) < 4.78 is 0. The Labute approximate surface area is 112 Å². The molecule has 6 nitrogen and oxygen atoms in total. The van der Waals surface area contributed by atoms with Gasteiger partial charge in [-0.2, -0.15) is 0 Å². The molecule has 0 bridgehead atoms. The second-order valence-electron chi connectivity index (χ2n) is 5.12. The normalized spacial score (nSPS) is 22.0. The van der Waals surface area contributed by atoms with Crippen LogP contribution in [0.5, 0.6) is 0 Å². The van der Waals surface area contributed by atoms with E-state index in [1.807, 2.05) is 13.2 Å². The van der Waals surface area contributed by atoms with Crippen LogP contribution in [0.4, 0.5) is 5.82 Å². The van der Waals surface area contributed by atoms with Crippen LogP contribution >= 0.6 is 0 Å². The van der Waals surface area contributed by atoms with Gasteiger partial charge in [-0.15, -0.1) is 0 Å². The molecule has 1 saturated carbocycles. The van der Waals surface area contributed by atoms with Crippen molar-refractivity contribution in [3.05, 3.63) is 36.3 Å². The first-order chi connectivity index (χ1) is 9.22. The van der Waals surface area contributed by atoms with Gasteiger partial charge in [-0.05, 0) is 12.8 Å². The zero-order valence-corrected chi connectivity index (χ0v) is 11.0. The van der Waals surface area contributed by atoms with Crippen LogP contribution in [0, 0.1) is 0 Å². The quantitative estimate of drug-likeness (QED) is 0.856. The van der Waals surface area contributed by atoms with E-state index in [4.69, 9.17) is 5.73 Å². The fourth-order valence-corrected chi connectivity index (χ4v) is 2.39. The van der Waals surface area contributed by atoms with Crippen molar-refractivity contribution >= 4 is 5.82 Å². The molecular weight excluding hydrogens is 240 g/mol. The second-order valence-corrected chi connectivity index (χ2v) is 5.12. The molecule has 2 aromatic heterocycles. The first-order valence-electron chi connectivity index (χ1n) is 6.49. The zero-order valence-electron chi connectivity index (χ0n) is 11.0. The molecule has 19 heavy (non-hydrogen) atoms. The third-order valence-electron chi connectivity index (χ3n) is 3.60. The van der Waals surface area contributed by atoms with Crippen LogP contribution in [-0.2, 0) is 6.54 Å². The van der Waals surface area contributed by atoms with Crippen LogP contribution in [-0.4, -0.2) is 33.0 Å². The minimum atomic E-state index is 0.337. The average Bonchev–Trinajstić information content (AvgIpc) is 2.88. The van der Waals surface area contributed by atoms with E-state index < -0.39 is 0 Å². The molecule has 2 heterocycles. The molecule has 0 aliphatic heterocycles. The summed E-state index contributed by atoms with van der Waals surface area (Å²) >= 11 is 0. The van der Waals surface area contributed by atoms with Gasteiger partial charge in [0.05, 0.1) is 6.54 Å². The highest BCUT2D eigenvalue weighted by atomic mass is 15.2. The van der Waals surface area contributed by atoms with Crippen molar-refractivity contribution in [2.75, 3.05) is 11.9 Å². The molecule has 0 aromatic carbocycles. The van der Waals surface area contributed by atoms with Gasteiger partial charge in [-0.25, -0.2) is 15.0 Å². The lowest BCUT2D eigenvalue weighted by Crippen LogP contribution is -2.35. The Morgan fingerprint density at radius 3 is 2.89 bits per heavy atom. The number of aromatic nitrogens is 4. The molecule has 0 radical (unpaired) electrons. The van der Waals surface area contributed by atoms with Gasteiger partial charge in [0.25, 0.3) is 0 Å². The minimum Gasteiger partial charge on any atom is -0.352 e. The highest BCUT2D eigenvalue weighted by Crippen LogP contribution is 2.35. The highest BCUT2D eigenvalue weighted by molar-refractivity contribution is 5.39. The van der Waals surface area contributed by atoms with Crippen LogP contribution < -0.4 is 10.6 Å². The van der Waals surface area contributed by atoms with Gasteiger partial charge in [-0.1, -0.05) is 0 Å². The standard InChI is InChI=1S/C13H18N6/c1-19(7-12-15-2-3-16-12)13-6-11(17-8-18-13)9-4-10(14)5-9/h2-3,6,8-10H,4-5,7,14H2,1H3,(H,15,16). The number of nitrogens with two attached hydrogens (primary N) is 1. The van der Waals surface area contributed by atoms with Crippen LogP contribution in [0.2, 0.25) is 0 Å². The van der Waals surface area contributed by atoms with E-state index in [9.17, 15) is 0 Å². The summed E-state index contributed by atoms with van der Waals surface area (Å²) in [6.07, 6.45) is 7.26. The Kier molecular flexibility index (Phi) is 3.16. The molecular formula is C13H18N6. The number of imidazole rings is 1. The maximum atomic E-state index is 5.83. The molecule has 0 saturated heterocycles. The fraction of sp³-hybridized carbons (Fsp3) is 0.462. The number of nitrogens with zero attached hydrogens (tertiary/aromatic N) is 4. The molecule has 2 aromatic rings. The lowest BCUT2D eigenvalue weighted by atomic mass is 9.78. The predicted octanol–water partition coefficient (Wildman–Crippen LogP) is 1.04. The summed E-state index contributed by atoms with van der Waals surface area (Å²) in [5.74, 6) is 2.34. The SMILES string of the molecule is CN(Cc1ncc[nH]1)c1cc(C2CC(N)C2)ncn1. The lowest BCUT2D eigenvalue weighted by Gasteiger charge is -2.32. The van der Waals surface area contributed by atoms with E-state index in [0.29, 0.717) is 18.5 Å². The number of H-pyrrole nitrogens is 1. The van der Waals surface area contributed by atoms with E-state index in [0.717, 1.165) is 30.2 Å². The highest BCUT2D eigenvalue weighted by Gasteiger charge is 2.28. The third kappa shape index (κ3) is 2.58. The monoisotopic (exact) mass is 258 g/mol. The first-order valence-corrected chi connectivity index (χ1v) is 6.49. The van der Waals surface area contributed by atoms with Crippen molar-refractivity contribution in [3.63, 3.8) is 0 Å². The third-order valence-corrected chi connectivity index (χ3v) is 3.60. The smallest absolute Gasteiger partial charge is 0.132 e. The molecule has 0 spiro atoms. The molecule has 6 heteroatoms. The van der Waals surface area contributed by atoms with Gasteiger partial charge in [0.15, 0.2) is 0 Å². The first kappa shape index (κ1) is 12.1. The Balaban J connectivity index is 1.71. The Bertz CT molecular complexity index is 532. The predicted molar refractivity (Wildman–Crippen MR) is 72.7 cm³/mol.